The molecule has 0 atom stereocenters. The van der Waals surface area contributed by atoms with E-state index in [1.54, 1.807) is 18.2 Å². The highest BCUT2D eigenvalue weighted by molar-refractivity contribution is 6.04. The summed E-state index contributed by atoms with van der Waals surface area (Å²) >= 11 is 0. The molecule has 0 aromatic heterocycles. The van der Waals surface area contributed by atoms with E-state index in [1.807, 2.05) is 25.1 Å². The molecule has 3 nitrogen and oxygen atoms in total. The van der Waals surface area contributed by atoms with Gasteiger partial charge in [0.2, 0.25) is 0 Å². The largest absolute Gasteiger partial charge is 0.416 e. The number of rotatable bonds is 3. The van der Waals surface area contributed by atoms with Crippen molar-refractivity contribution in [3.8, 4) is 0 Å². The Kier molecular flexibility index (Phi) is 4.63. The number of amides is 1. The number of anilines is 2. The molecule has 0 aliphatic rings. The van der Waals surface area contributed by atoms with E-state index in [-0.39, 0.29) is 11.3 Å². The van der Waals surface area contributed by atoms with Gasteiger partial charge in [0.15, 0.2) is 0 Å². The summed E-state index contributed by atoms with van der Waals surface area (Å²) in [6.45, 7) is 1.38. The Balaban J connectivity index is 2.26. The number of alkyl halides is 3. The van der Waals surface area contributed by atoms with Crippen molar-refractivity contribution in [3.63, 3.8) is 0 Å². The van der Waals surface area contributed by atoms with Crippen LogP contribution in [0.1, 0.15) is 21.5 Å². The summed E-state index contributed by atoms with van der Waals surface area (Å²) in [5, 5.41) is 2.51. The molecule has 0 fully saturated rings. The van der Waals surface area contributed by atoms with E-state index in [4.69, 9.17) is 0 Å². The molecule has 0 radical (unpaired) electrons. The summed E-state index contributed by atoms with van der Waals surface area (Å²) in [7, 11) is 3.68. The van der Waals surface area contributed by atoms with E-state index in [0.29, 0.717) is 5.56 Å². The summed E-state index contributed by atoms with van der Waals surface area (Å²) in [4.78, 5) is 14.1. The average molecular weight is 322 g/mol. The van der Waals surface area contributed by atoms with E-state index in [0.717, 1.165) is 11.8 Å². The highest BCUT2D eigenvalue weighted by Gasteiger charge is 2.32. The number of nitrogens with zero attached hydrogens (tertiary/aromatic N) is 1. The number of hydrogen-bond acceptors (Lipinski definition) is 2. The molecule has 0 saturated carbocycles. The van der Waals surface area contributed by atoms with Gasteiger partial charge in [-0.05, 0) is 42.8 Å². The molecule has 0 heterocycles. The van der Waals surface area contributed by atoms with Gasteiger partial charge >= 0.3 is 6.18 Å². The number of hydrogen-bond donors (Lipinski definition) is 1. The Morgan fingerprint density at radius 2 is 1.78 bits per heavy atom. The number of carbonyl (C=O) groups is 1. The van der Waals surface area contributed by atoms with E-state index in [9.17, 15) is 18.0 Å². The zero-order chi connectivity index (χ0) is 17.2. The van der Waals surface area contributed by atoms with Gasteiger partial charge in [-0.15, -0.1) is 0 Å². The average Bonchev–Trinajstić information content (AvgIpc) is 2.48. The van der Waals surface area contributed by atoms with Crippen LogP contribution in [0.2, 0.25) is 0 Å². The first-order chi connectivity index (χ1) is 10.7. The molecule has 23 heavy (non-hydrogen) atoms. The van der Waals surface area contributed by atoms with Crippen molar-refractivity contribution in [1.82, 2.24) is 0 Å². The molecule has 1 amide bonds. The number of benzene rings is 2. The van der Waals surface area contributed by atoms with Crippen LogP contribution in [0.5, 0.6) is 0 Å². The second-order valence-corrected chi connectivity index (χ2v) is 5.43. The van der Waals surface area contributed by atoms with Crippen molar-refractivity contribution in [2.75, 3.05) is 24.3 Å². The third-order valence-corrected chi connectivity index (χ3v) is 3.43. The molecule has 0 spiro atoms. The second kappa shape index (κ2) is 6.32. The summed E-state index contributed by atoms with van der Waals surface area (Å²) in [5.74, 6) is -0.453. The van der Waals surface area contributed by atoms with Gasteiger partial charge in [0, 0.05) is 31.0 Å². The first kappa shape index (κ1) is 16.9. The second-order valence-electron chi connectivity index (χ2n) is 5.43. The number of aryl methyl sites for hydroxylation is 1. The number of nitrogens with one attached hydrogen (secondary N) is 1. The summed E-state index contributed by atoms with van der Waals surface area (Å²) in [5.41, 5.74) is 0.688. The predicted octanol–water partition coefficient (Wildman–Crippen LogP) is 4.33. The molecule has 0 aliphatic heterocycles. The third-order valence-electron chi connectivity index (χ3n) is 3.43. The zero-order valence-electron chi connectivity index (χ0n) is 13.0. The lowest BCUT2D eigenvalue weighted by molar-refractivity contribution is -0.138. The van der Waals surface area contributed by atoms with Crippen molar-refractivity contribution >= 4 is 17.3 Å². The minimum atomic E-state index is -4.45. The molecule has 2 aromatic rings. The van der Waals surface area contributed by atoms with Gasteiger partial charge in [-0.25, -0.2) is 0 Å². The summed E-state index contributed by atoms with van der Waals surface area (Å²) in [6, 6.07) is 10.6. The molecular formula is C17H17F3N2O. The number of halogens is 3. The van der Waals surface area contributed by atoms with Crippen LogP contribution >= 0.6 is 0 Å². The van der Waals surface area contributed by atoms with Gasteiger partial charge < -0.3 is 10.2 Å². The van der Waals surface area contributed by atoms with Crippen molar-refractivity contribution in [3.05, 3.63) is 59.2 Å². The highest BCUT2D eigenvalue weighted by Crippen LogP contribution is 2.33. The highest BCUT2D eigenvalue weighted by atomic mass is 19.4. The van der Waals surface area contributed by atoms with Crippen LogP contribution < -0.4 is 10.2 Å². The Morgan fingerprint density at radius 1 is 1.09 bits per heavy atom. The predicted molar refractivity (Wildman–Crippen MR) is 84.9 cm³/mol. The van der Waals surface area contributed by atoms with Crippen molar-refractivity contribution in [1.29, 1.82) is 0 Å². The maximum atomic E-state index is 12.9. The molecule has 2 aromatic carbocycles. The van der Waals surface area contributed by atoms with Gasteiger partial charge in [-0.2, -0.15) is 13.2 Å². The van der Waals surface area contributed by atoms with Crippen LogP contribution in [0.15, 0.2) is 42.5 Å². The Bertz CT molecular complexity index is 724. The zero-order valence-corrected chi connectivity index (χ0v) is 13.0. The monoisotopic (exact) mass is 322 g/mol. The summed E-state index contributed by atoms with van der Waals surface area (Å²) < 4.78 is 38.7. The first-order valence-electron chi connectivity index (χ1n) is 6.95. The third kappa shape index (κ3) is 4.03. The topological polar surface area (TPSA) is 32.3 Å². The fourth-order valence-corrected chi connectivity index (χ4v) is 2.13. The smallest absolute Gasteiger partial charge is 0.378 e. The van der Waals surface area contributed by atoms with E-state index in [1.165, 1.54) is 19.1 Å². The van der Waals surface area contributed by atoms with E-state index >= 15 is 0 Å². The molecule has 6 heteroatoms. The maximum absolute atomic E-state index is 12.9. The molecule has 0 aliphatic carbocycles. The van der Waals surface area contributed by atoms with Crippen LogP contribution in [0, 0.1) is 6.92 Å². The minimum absolute atomic E-state index is 0.114. The van der Waals surface area contributed by atoms with E-state index in [2.05, 4.69) is 5.32 Å². The fraction of sp³-hybridized carbons (Fsp3) is 0.235. The standard InChI is InChI=1S/C17H17F3N2O/c1-11-7-8-13(10-15(11)17(18,19)20)21-16(23)12-5-4-6-14(9-12)22(2)3/h4-10H,1-3H3,(H,21,23). The molecule has 0 bridgehead atoms. The molecule has 0 unspecified atom stereocenters. The van der Waals surface area contributed by atoms with E-state index < -0.39 is 17.6 Å². The van der Waals surface area contributed by atoms with Gasteiger partial charge in [0.1, 0.15) is 0 Å². The van der Waals surface area contributed by atoms with Gasteiger partial charge in [0.25, 0.3) is 5.91 Å². The van der Waals surface area contributed by atoms with Crippen LogP contribution in [0.25, 0.3) is 0 Å². The maximum Gasteiger partial charge on any atom is 0.416 e. The Labute approximate surface area is 132 Å². The summed E-state index contributed by atoms with van der Waals surface area (Å²) in [6.07, 6.45) is -4.45. The fourth-order valence-electron chi connectivity index (χ4n) is 2.13. The molecule has 2 rings (SSSR count). The number of carbonyl (C=O) groups excluding carboxylic acids is 1. The van der Waals surface area contributed by atoms with Crippen molar-refractivity contribution < 1.29 is 18.0 Å². The van der Waals surface area contributed by atoms with Crippen molar-refractivity contribution in [2.24, 2.45) is 0 Å². The van der Waals surface area contributed by atoms with Crippen LogP contribution in [0.4, 0.5) is 24.5 Å². The lowest BCUT2D eigenvalue weighted by atomic mass is 10.1. The quantitative estimate of drug-likeness (QED) is 0.912. The van der Waals surface area contributed by atoms with Crippen LogP contribution in [0.3, 0.4) is 0 Å². The molecule has 122 valence electrons. The lowest BCUT2D eigenvalue weighted by Crippen LogP contribution is -2.15. The van der Waals surface area contributed by atoms with Crippen molar-refractivity contribution in [2.45, 2.75) is 13.1 Å². The molecule has 0 saturated heterocycles. The first-order valence-corrected chi connectivity index (χ1v) is 6.95. The van der Waals surface area contributed by atoms with Crippen LogP contribution in [-0.4, -0.2) is 20.0 Å². The SMILES string of the molecule is Cc1ccc(NC(=O)c2cccc(N(C)C)c2)cc1C(F)(F)F. The Morgan fingerprint density at radius 3 is 2.39 bits per heavy atom. The van der Waals surface area contributed by atoms with Crippen LogP contribution in [-0.2, 0) is 6.18 Å². The molecule has 1 N–H and O–H groups in total. The van der Waals surface area contributed by atoms with Gasteiger partial charge in [-0.1, -0.05) is 12.1 Å². The normalized spacial score (nSPS) is 11.2. The molecular weight excluding hydrogens is 305 g/mol. The lowest BCUT2D eigenvalue weighted by Gasteiger charge is -2.15. The van der Waals surface area contributed by atoms with Gasteiger partial charge in [0.05, 0.1) is 5.56 Å². The Hall–Kier alpha value is -2.50. The van der Waals surface area contributed by atoms with Gasteiger partial charge in [-0.3, -0.25) is 4.79 Å². The minimum Gasteiger partial charge on any atom is -0.378 e.